The lowest BCUT2D eigenvalue weighted by Crippen LogP contribution is -2.27. The Hall–Kier alpha value is -1.11. The summed E-state index contributed by atoms with van der Waals surface area (Å²) in [5.74, 6) is 0. The number of aromatic nitrogens is 1. The van der Waals surface area contributed by atoms with E-state index in [1.165, 1.54) is 0 Å². The molecular weight excluding hydrogens is 343 g/mol. The minimum atomic E-state index is -0.524. The minimum absolute atomic E-state index is 0.493. The van der Waals surface area contributed by atoms with Gasteiger partial charge in [-0.05, 0) is 68.0 Å². The maximum absolute atomic E-state index is 11.7. The molecule has 0 aliphatic carbocycles. The summed E-state index contributed by atoms with van der Waals surface area (Å²) in [6.45, 7) is 11.2. The minimum Gasteiger partial charge on any atom is -0.444 e. The lowest BCUT2D eigenvalue weighted by Gasteiger charge is -2.20. The van der Waals surface area contributed by atoms with E-state index in [4.69, 9.17) is 4.74 Å². The first-order valence-corrected chi connectivity index (χ1v) is 6.59. The molecule has 98 valence electrons. The van der Waals surface area contributed by atoms with Gasteiger partial charge in [0.1, 0.15) is 9.30 Å². The summed E-state index contributed by atoms with van der Waals surface area (Å²) >= 11 is 2.12. The number of carbonyl (C=O) groups excluding carboxylic acids is 1. The second-order valence-corrected chi connectivity index (χ2v) is 6.04. The molecule has 4 nitrogen and oxygen atoms in total. The van der Waals surface area contributed by atoms with E-state index in [1.54, 1.807) is 6.07 Å². The van der Waals surface area contributed by atoms with Gasteiger partial charge in [-0.1, -0.05) is 6.58 Å². The van der Waals surface area contributed by atoms with Crippen LogP contribution in [0.3, 0.4) is 0 Å². The van der Waals surface area contributed by atoms with Gasteiger partial charge in [0.25, 0.3) is 0 Å². The molecule has 0 saturated carbocycles. The van der Waals surface area contributed by atoms with Crippen LogP contribution in [0.15, 0.2) is 18.7 Å². The predicted molar refractivity (Wildman–Crippen MR) is 81.5 cm³/mol. The van der Waals surface area contributed by atoms with E-state index in [-0.39, 0.29) is 0 Å². The lowest BCUT2D eigenvalue weighted by molar-refractivity contribution is 0.0636. The Bertz CT molecular complexity index is 478. The quantitative estimate of drug-likeness (QED) is 0.639. The first kappa shape index (κ1) is 14.9. The Morgan fingerprint density at radius 3 is 2.56 bits per heavy atom. The van der Waals surface area contributed by atoms with Crippen molar-refractivity contribution in [2.75, 3.05) is 5.32 Å². The van der Waals surface area contributed by atoms with E-state index in [0.717, 1.165) is 9.27 Å². The van der Waals surface area contributed by atoms with Crippen molar-refractivity contribution < 1.29 is 9.53 Å². The van der Waals surface area contributed by atoms with Gasteiger partial charge in [0.05, 0.1) is 11.4 Å². The normalized spacial score (nSPS) is 10.9. The van der Waals surface area contributed by atoms with Gasteiger partial charge in [0.15, 0.2) is 0 Å². The van der Waals surface area contributed by atoms with Crippen molar-refractivity contribution in [2.24, 2.45) is 0 Å². The van der Waals surface area contributed by atoms with Crippen LogP contribution in [0.1, 0.15) is 33.4 Å². The Kier molecular flexibility index (Phi) is 4.72. The molecule has 0 spiro atoms. The van der Waals surface area contributed by atoms with E-state index in [9.17, 15) is 4.79 Å². The largest absolute Gasteiger partial charge is 0.444 e. The zero-order valence-electron chi connectivity index (χ0n) is 11.0. The standard InChI is InChI=1S/C13H17IN2O2/c1-8(2)11-9(6-7-10(14)16-11)15-12(17)18-13(3,4)5/h6-7H,1H2,2-5H3,(H,15,17). The Morgan fingerprint density at radius 1 is 1.44 bits per heavy atom. The maximum Gasteiger partial charge on any atom is 0.412 e. The number of amides is 1. The van der Waals surface area contributed by atoms with E-state index >= 15 is 0 Å². The molecule has 0 radical (unpaired) electrons. The monoisotopic (exact) mass is 360 g/mol. The highest BCUT2D eigenvalue weighted by atomic mass is 127. The number of hydrogen-bond donors (Lipinski definition) is 1. The molecular formula is C13H17IN2O2. The van der Waals surface area contributed by atoms with Gasteiger partial charge in [-0.3, -0.25) is 5.32 Å². The van der Waals surface area contributed by atoms with Crippen LogP contribution in [0.4, 0.5) is 10.5 Å². The number of nitrogens with one attached hydrogen (secondary N) is 1. The summed E-state index contributed by atoms with van der Waals surface area (Å²) in [6, 6.07) is 3.61. The van der Waals surface area contributed by atoms with Crippen LogP contribution in [-0.2, 0) is 4.74 Å². The summed E-state index contributed by atoms with van der Waals surface area (Å²) in [7, 11) is 0. The number of ether oxygens (including phenoxy) is 1. The van der Waals surface area contributed by atoms with E-state index in [1.807, 2.05) is 33.8 Å². The van der Waals surface area contributed by atoms with Gasteiger partial charge < -0.3 is 4.74 Å². The summed E-state index contributed by atoms with van der Waals surface area (Å²) in [5, 5.41) is 2.69. The fraction of sp³-hybridized carbons (Fsp3) is 0.385. The highest BCUT2D eigenvalue weighted by Gasteiger charge is 2.17. The molecule has 5 heteroatoms. The summed E-state index contributed by atoms with van der Waals surface area (Å²) in [4.78, 5) is 16.0. The summed E-state index contributed by atoms with van der Waals surface area (Å²) < 4.78 is 6.04. The third-order valence-corrected chi connectivity index (χ3v) is 2.50. The number of allylic oxidation sites excluding steroid dienone is 1. The van der Waals surface area contributed by atoms with Crippen LogP contribution in [0, 0.1) is 3.70 Å². The van der Waals surface area contributed by atoms with Crippen LogP contribution in [0.25, 0.3) is 5.57 Å². The van der Waals surface area contributed by atoms with Gasteiger partial charge in [-0.2, -0.15) is 0 Å². The summed E-state index contributed by atoms with van der Waals surface area (Å²) in [6.07, 6.45) is -0.493. The number of halogens is 1. The topological polar surface area (TPSA) is 51.2 Å². The van der Waals surface area contributed by atoms with Gasteiger partial charge in [-0.15, -0.1) is 0 Å². The van der Waals surface area contributed by atoms with Gasteiger partial charge in [0.2, 0.25) is 0 Å². The van der Waals surface area contributed by atoms with E-state index in [2.05, 4.69) is 39.5 Å². The van der Waals surface area contributed by atoms with Crippen molar-refractivity contribution in [2.45, 2.75) is 33.3 Å². The Balaban J connectivity index is 2.91. The fourth-order valence-electron chi connectivity index (χ4n) is 1.28. The van der Waals surface area contributed by atoms with Gasteiger partial charge >= 0.3 is 6.09 Å². The molecule has 0 fully saturated rings. The molecule has 0 aliphatic rings. The molecule has 1 aromatic heterocycles. The van der Waals surface area contributed by atoms with E-state index < -0.39 is 11.7 Å². The van der Waals surface area contributed by atoms with Crippen molar-refractivity contribution in [3.05, 3.63) is 28.1 Å². The molecule has 0 unspecified atom stereocenters. The third-order valence-electron chi connectivity index (χ3n) is 1.90. The Labute approximate surface area is 121 Å². The molecule has 1 N–H and O–H groups in total. The molecule has 0 aromatic carbocycles. The van der Waals surface area contributed by atoms with Crippen molar-refractivity contribution in [1.82, 2.24) is 4.98 Å². The summed E-state index contributed by atoms with van der Waals surface area (Å²) in [5.41, 5.74) is 1.55. The van der Waals surface area contributed by atoms with Crippen LogP contribution in [0.5, 0.6) is 0 Å². The molecule has 0 saturated heterocycles. The second kappa shape index (κ2) is 5.69. The van der Waals surface area contributed by atoms with Crippen LogP contribution >= 0.6 is 22.6 Å². The number of pyridine rings is 1. The first-order valence-electron chi connectivity index (χ1n) is 5.51. The highest BCUT2D eigenvalue weighted by Crippen LogP contribution is 2.22. The molecule has 0 aliphatic heterocycles. The molecule has 1 rings (SSSR count). The zero-order chi connectivity index (χ0) is 13.9. The molecule has 0 atom stereocenters. The third kappa shape index (κ3) is 4.64. The van der Waals surface area contributed by atoms with Crippen molar-refractivity contribution in [3.63, 3.8) is 0 Å². The lowest BCUT2D eigenvalue weighted by atomic mass is 10.2. The van der Waals surface area contributed by atoms with Crippen LogP contribution in [0.2, 0.25) is 0 Å². The number of carbonyl (C=O) groups is 1. The number of anilines is 1. The smallest absolute Gasteiger partial charge is 0.412 e. The average molecular weight is 360 g/mol. The predicted octanol–water partition coefficient (Wildman–Crippen LogP) is 4.07. The number of rotatable bonds is 2. The van der Waals surface area contributed by atoms with Gasteiger partial charge in [-0.25, -0.2) is 9.78 Å². The van der Waals surface area contributed by atoms with E-state index in [0.29, 0.717) is 11.4 Å². The molecule has 1 amide bonds. The number of nitrogens with zero attached hydrogens (tertiary/aromatic N) is 1. The Morgan fingerprint density at radius 2 is 2.06 bits per heavy atom. The molecule has 0 bridgehead atoms. The maximum atomic E-state index is 11.7. The molecule has 1 aromatic rings. The highest BCUT2D eigenvalue weighted by molar-refractivity contribution is 14.1. The fourth-order valence-corrected chi connectivity index (χ4v) is 1.70. The SMILES string of the molecule is C=C(C)c1nc(I)ccc1NC(=O)OC(C)(C)C. The average Bonchev–Trinajstić information content (AvgIpc) is 2.17. The van der Waals surface area contributed by atoms with Crippen molar-refractivity contribution in [1.29, 1.82) is 0 Å². The second-order valence-electron chi connectivity index (χ2n) is 4.94. The number of hydrogen-bond acceptors (Lipinski definition) is 3. The van der Waals surface area contributed by atoms with Crippen LogP contribution < -0.4 is 5.32 Å². The van der Waals surface area contributed by atoms with Crippen molar-refractivity contribution >= 4 is 39.9 Å². The first-order chi connectivity index (χ1) is 8.19. The van der Waals surface area contributed by atoms with Gasteiger partial charge in [0, 0.05) is 0 Å². The molecule has 1 heterocycles. The van der Waals surface area contributed by atoms with Crippen molar-refractivity contribution in [3.8, 4) is 0 Å². The molecule has 18 heavy (non-hydrogen) atoms. The van der Waals surface area contributed by atoms with Crippen LogP contribution in [-0.4, -0.2) is 16.7 Å². The zero-order valence-corrected chi connectivity index (χ0v) is 13.2.